The Bertz CT molecular complexity index is 283. The molecule has 6 nitrogen and oxygen atoms in total. The van der Waals surface area contributed by atoms with Crippen molar-refractivity contribution < 1.29 is 10.0 Å². The van der Waals surface area contributed by atoms with Crippen molar-refractivity contribution in [3.8, 4) is 0 Å². The van der Waals surface area contributed by atoms with E-state index in [1.165, 1.54) is 0 Å². The maximum absolute atomic E-state index is 11.5. The maximum atomic E-state index is 11.5. The Balaban J connectivity index is 2.81. The van der Waals surface area contributed by atoms with Crippen molar-refractivity contribution in [1.29, 1.82) is 0 Å². The molecule has 1 amide bonds. The molecule has 0 saturated carbocycles. The molecule has 1 saturated heterocycles. The van der Waals surface area contributed by atoms with Gasteiger partial charge in [0, 0.05) is 19.5 Å². The van der Waals surface area contributed by atoms with Crippen LogP contribution >= 0.6 is 0 Å². The summed E-state index contributed by atoms with van der Waals surface area (Å²) in [6.07, 6.45) is 1.74. The highest BCUT2D eigenvalue weighted by molar-refractivity contribution is 5.94. The van der Waals surface area contributed by atoms with Crippen LogP contribution in [0.25, 0.3) is 0 Å². The number of rotatable bonds is 3. The van der Waals surface area contributed by atoms with Crippen molar-refractivity contribution in [2.45, 2.75) is 31.7 Å². The first-order valence-electron chi connectivity index (χ1n) is 5.51. The minimum atomic E-state index is -0.672. The Morgan fingerprint density at radius 3 is 2.56 bits per heavy atom. The summed E-state index contributed by atoms with van der Waals surface area (Å²) >= 11 is 0. The lowest BCUT2D eigenvalue weighted by molar-refractivity contribution is -0.122. The van der Waals surface area contributed by atoms with Crippen molar-refractivity contribution in [2.24, 2.45) is 10.9 Å². The van der Waals surface area contributed by atoms with E-state index in [9.17, 15) is 4.79 Å². The van der Waals surface area contributed by atoms with E-state index >= 15 is 0 Å². The standard InChI is InChI=1S/C10H20N4O2/c1-3-8(15)12-10(9(11)13-16)4-6-14(2)7-5-10/h16H,3-7H2,1-2H3,(H2,11,13)(H,12,15). The van der Waals surface area contributed by atoms with Gasteiger partial charge in [0.1, 0.15) is 5.54 Å². The number of oxime groups is 1. The molecule has 0 aromatic heterocycles. The molecule has 0 atom stereocenters. The molecular formula is C10H20N4O2. The van der Waals surface area contributed by atoms with E-state index in [1.54, 1.807) is 6.92 Å². The monoisotopic (exact) mass is 228 g/mol. The number of amidine groups is 1. The lowest BCUT2D eigenvalue weighted by atomic mass is 9.86. The molecule has 1 rings (SSSR count). The Labute approximate surface area is 95.5 Å². The van der Waals surface area contributed by atoms with Gasteiger partial charge in [-0.1, -0.05) is 12.1 Å². The molecule has 4 N–H and O–H groups in total. The lowest BCUT2D eigenvalue weighted by Crippen LogP contribution is -2.61. The van der Waals surface area contributed by atoms with Crippen molar-refractivity contribution in [1.82, 2.24) is 10.2 Å². The van der Waals surface area contributed by atoms with Crippen molar-refractivity contribution in [2.75, 3.05) is 20.1 Å². The third-order valence-corrected chi connectivity index (χ3v) is 3.14. The molecule has 1 aliphatic rings. The molecule has 1 heterocycles. The van der Waals surface area contributed by atoms with Crippen LogP contribution in [0.4, 0.5) is 0 Å². The number of hydrogen-bond donors (Lipinski definition) is 3. The van der Waals surface area contributed by atoms with E-state index in [-0.39, 0.29) is 11.7 Å². The second kappa shape index (κ2) is 5.16. The highest BCUT2D eigenvalue weighted by Crippen LogP contribution is 2.22. The van der Waals surface area contributed by atoms with Gasteiger partial charge in [0.05, 0.1) is 0 Å². The lowest BCUT2D eigenvalue weighted by Gasteiger charge is -2.40. The summed E-state index contributed by atoms with van der Waals surface area (Å²) in [6.45, 7) is 3.42. The first-order valence-corrected chi connectivity index (χ1v) is 5.51. The summed E-state index contributed by atoms with van der Waals surface area (Å²) in [5, 5.41) is 14.7. The predicted molar refractivity (Wildman–Crippen MR) is 61.3 cm³/mol. The average molecular weight is 228 g/mol. The van der Waals surface area contributed by atoms with Gasteiger partial charge in [0.15, 0.2) is 5.84 Å². The highest BCUT2D eigenvalue weighted by Gasteiger charge is 2.39. The van der Waals surface area contributed by atoms with Crippen LogP contribution in [0.3, 0.4) is 0 Å². The van der Waals surface area contributed by atoms with Gasteiger partial charge in [-0.3, -0.25) is 4.79 Å². The number of likely N-dealkylation sites (tertiary alicyclic amines) is 1. The van der Waals surface area contributed by atoms with Crippen LogP contribution < -0.4 is 11.1 Å². The number of nitrogens with zero attached hydrogens (tertiary/aromatic N) is 2. The fourth-order valence-electron chi connectivity index (χ4n) is 1.90. The Morgan fingerprint density at radius 1 is 1.56 bits per heavy atom. The van der Waals surface area contributed by atoms with Crippen LogP contribution in [0.1, 0.15) is 26.2 Å². The molecule has 1 aliphatic heterocycles. The normalized spacial score (nSPS) is 21.8. The molecule has 16 heavy (non-hydrogen) atoms. The van der Waals surface area contributed by atoms with Crippen LogP contribution in [-0.2, 0) is 4.79 Å². The number of carbonyl (C=O) groups excluding carboxylic acids is 1. The Hall–Kier alpha value is -1.30. The van der Waals surface area contributed by atoms with Gasteiger partial charge in [-0.2, -0.15) is 0 Å². The van der Waals surface area contributed by atoms with E-state index < -0.39 is 5.54 Å². The van der Waals surface area contributed by atoms with Crippen molar-refractivity contribution in [3.05, 3.63) is 0 Å². The molecule has 0 aliphatic carbocycles. The summed E-state index contributed by atoms with van der Waals surface area (Å²) in [6, 6.07) is 0. The van der Waals surface area contributed by atoms with E-state index in [4.69, 9.17) is 10.9 Å². The smallest absolute Gasteiger partial charge is 0.220 e. The Kier molecular flexibility index (Phi) is 4.12. The highest BCUT2D eigenvalue weighted by atomic mass is 16.4. The third-order valence-electron chi connectivity index (χ3n) is 3.14. The molecule has 0 bridgehead atoms. The number of carbonyl (C=O) groups is 1. The van der Waals surface area contributed by atoms with Gasteiger partial charge in [-0.05, 0) is 19.9 Å². The number of nitrogens with two attached hydrogens (primary N) is 1. The topological polar surface area (TPSA) is 91.0 Å². The Morgan fingerprint density at radius 2 is 2.12 bits per heavy atom. The first-order chi connectivity index (χ1) is 7.54. The van der Waals surface area contributed by atoms with Gasteiger partial charge in [-0.15, -0.1) is 0 Å². The van der Waals surface area contributed by atoms with Crippen LogP contribution in [0.5, 0.6) is 0 Å². The number of piperidine rings is 1. The minimum Gasteiger partial charge on any atom is -0.409 e. The quantitative estimate of drug-likeness (QED) is 0.268. The zero-order valence-electron chi connectivity index (χ0n) is 9.86. The summed E-state index contributed by atoms with van der Waals surface area (Å²) in [5.74, 6) is 0.0264. The van der Waals surface area contributed by atoms with Gasteiger partial charge in [0.2, 0.25) is 5.91 Å². The summed E-state index contributed by atoms with van der Waals surface area (Å²) in [5.41, 5.74) is 5.03. The first kappa shape index (κ1) is 12.8. The fraction of sp³-hybridized carbons (Fsp3) is 0.800. The zero-order valence-corrected chi connectivity index (χ0v) is 9.86. The summed E-state index contributed by atoms with van der Waals surface area (Å²) < 4.78 is 0. The van der Waals surface area contributed by atoms with E-state index in [0.29, 0.717) is 19.3 Å². The van der Waals surface area contributed by atoms with Gasteiger partial charge in [0.25, 0.3) is 0 Å². The van der Waals surface area contributed by atoms with Crippen LogP contribution in [0.2, 0.25) is 0 Å². The molecule has 1 fully saturated rings. The van der Waals surface area contributed by atoms with E-state index in [0.717, 1.165) is 13.1 Å². The van der Waals surface area contributed by atoms with Crippen LogP contribution in [0, 0.1) is 0 Å². The average Bonchev–Trinajstić information content (AvgIpc) is 2.31. The molecule has 0 aromatic rings. The molecule has 0 radical (unpaired) electrons. The van der Waals surface area contributed by atoms with E-state index in [2.05, 4.69) is 15.4 Å². The second-order valence-corrected chi connectivity index (χ2v) is 4.27. The number of amides is 1. The van der Waals surface area contributed by atoms with Gasteiger partial charge in [-0.25, -0.2) is 0 Å². The SMILES string of the molecule is CCC(=O)NC1(/C(N)=N/O)CCN(C)CC1. The van der Waals surface area contributed by atoms with Crippen molar-refractivity contribution in [3.63, 3.8) is 0 Å². The summed E-state index contributed by atoms with van der Waals surface area (Å²) in [4.78, 5) is 13.6. The van der Waals surface area contributed by atoms with Gasteiger partial charge >= 0.3 is 0 Å². The second-order valence-electron chi connectivity index (χ2n) is 4.27. The van der Waals surface area contributed by atoms with E-state index in [1.807, 2.05) is 7.05 Å². The number of hydrogen-bond acceptors (Lipinski definition) is 4. The fourth-order valence-corrected chi connectivity index (χ4v) is 1.90. The largest absolute Gasteiger partial charge is 0.409 e. The third kappa shape index (κ3) is 2.63. The predicted octanol–water partition coefficient (Wildman–Crippen LogP) is -0.277. The molecule has 6 heteroatoms. The molecule has 0 unspecified atom stereocenters. The van der Waals surface area contributed by atoms with Crippen LogP contribution in [-0.4, -0.2) is 47.5 Å². The molecule has 0 spiro atoms. The number of nitrogens with one attached hydrogen (secondary N) is 1. The van der Waals surface area contributed by atoms with Crippen molar-refractivity contribution >= 4 is 11.7 Å². The minimum absolute atomic E-state index is 0.0730. The zero-order chi connectivity index (χ0) is 12.2. The van der Waals surface area contributed by atoms with Gasteiger partial charge < -0.3 is 21.2 Å². The summed E-state index contributed by atoms with van der Waals surface area (Å²) in [7, 11) is 2.01. The maximum Gasteiger partial charge on any atom is 0.220 e. The van der Waals surface area contributed by atoms with Crippen LogP contribution in [0.15, 0.2) is 5.16 Å². The molecule has 92 valence electrons. The molecular weight excluding hydrogens is 208 g/mol. The molecule has 0 aromatic carbocycles.